The summed E-state index contributed by atoms with van der Waals surface area (Å²) in [5, 5.41) is 2.86. The number of hydrogen-bond acceptors (Lipinski definition) is 3. The molecule has 1 amide bonds. The molecule has 0 bridgehead atoms. The number of alkyl halides is 2. The first-order valence-electron chi connectivity index (χ1n) is 9.42. The van der Waals surface area contributed by atoms with Crippen molar-refractivity contribution in [1.82, 2.24) is 0 Å². The minimum Gasteiger partial charge on any atom is -0.358 e. The van der Waals surface area contributed by atoms with Gasteiger partial charge in [0.05, 0.1) is 25.7 Å². The summed E-state index contributed by atoms with van der Waals surface area (Å²) < 4.78 is 24.7. The van der Waals surface area contributed by atoms with Crippen LogP contribution in [0, 0.1) is 6.92 Å². The van der Waals surface area contributed by atoms with Crippen LogP contribution >= 0.6 is 11.8 Å². The van der Waals surface area contributed by atoms with Gasteiger partial charge in [-0.15, -0.1) is 0 Å². The quantitative estimate of drug-likeness (QED) is 0.724. The topological polar surface area (TPSA) is 36.8 Å². The highest BCUT2D eigenvalue weighted by Gasteiger charge is 2.28. The van der Waals surface area contributed by atoms with E-state index in [4.69, 9.17) is 0 Å². The number of carbonyl (C=O) groups excluding carboxylic acids is 1. The molecule has 0 spiro atoms. The predicted molar refractivity (Wildman–Crippen MR) is 110 cm³/mol. The minimum absolute atomic E-state index is 0.0551. The Labute approximate surface area is 168 Å². The molecule has 1 saturated heterocycles. The zero-order valence-corrected chi connectivity index (χ0v) is 16.9. The molecular formula is C21H26F2N3OS+. The highest BCUT2D eigenvalue weighted by atomic mass is 32.2. The molecule has 1 heterocycles. The molecule has 1 fully saturated rings. The Morgan fingerprint density at radius 3 is 2.68 bits per heavy atom. The molecular weight excluding hydrogens is 380 g/mol. The van der Waals surface area contributed by atoms with E-state index in [-0.39, 0.29) is 5.91 Å². The Morgan fingerprint density at radius 1 is 1.29 bits per heavy atom. The lowest BCUT2D eigenvalue weighted by Crippen LogP contribution is -3.16. The van der Waals surface area contributed by atoms with Gasteiger partial charge in [-0.3, -0.25) is 4.79 Å². The summed E-state index contributed by atoms with van der Waals surface area (Å²) >= 11 is 0.499. The van der Waals surface area contributed by atoms with E-state index in [2.05, 4.69) is 48.3 Å². The van der Waals surface area contributed by atoms with E-state index < -0.39 is 5.76 Å². The maximum Gasteiger partial charge on any atom is 0.288 e. The molecule has 28 heavy (non-hydrogen) atoms. The molecule has 2 aromatic carbocycles. The Morgan fingerprint density at radius 2 is 2.04 bits per heavy atom. The molecule has 1 aliphatic heterocycles. The highest BCUT2D eigenvalue weighted by molar-refractivity contribution is 7.99. The van der Waals surface area contributed by atoms with Gasteiger partial charge in [-0.2, -0.15) is 8.78 Å². The van der Waals surface area contributed by atoms with Crippen LogP contribution in [0.2, 0.25) is 0 Å². The van der Waals surface area contributed by atoms with Crippen molar-refractivity contribution in [2.45, 2.75) is 30.5 Å². The zero-order chi connectivity index (χ0) is 20.1. The number of halogens is 2. The molecule has 0 aliphatic carbocycles. The normalized spacial score (nSPS) is 19.7. The minimum atomic E-state index is -2.44. The van der Waals surface area contributed by atoms with Gasteiger partial charge in [0.1, 0.15) is 0 Å². The van der Waals surface area contributed by atoms with E-state index in [1.165, 1.54) is 16.2 Å². The number of benzene rings is 2. The first-order valence-corrected chi connectivity index (χ1v) is 10.3. The average molecular weight is 407 g/mol. The summed E-state index contributed by atoms with van der Waals surface area (Å²) in [5.41, 5.74) is 3.11. The zero-order valence-electron chi connectivity index (χ0n) is 16.1. The van der Waals surface area contributed by atoms with E-state index in [0.717, 1.165) is 19.6 Å². The van der Waals surface area contributed by atoms with Crippen LogP contribution in [-0.2, 0) is 4.79 Å². The molecule has 0 aromatic heterocycles. The number of quaternary nitrogens is 1. The molecule has 1 aliphatic rings. The number of anilines is 2. The molecule has 2 aromatic rings. The van der Waals surface area contributed by atoms with E-state index >= 15 is 0 Å². The second-order valence-corrected chi connectivity index (χ2v) is 8.28. The van der Waals surface area contributed by atoms with Crippen LogP contribution in [0.5, 0.6) is 0 Å². The number of carbonyl (C=O) groups is 1. The van der Waals surface area contributed by atoms with Crippen LogP contribution in [0.3, 0.4) is 0 Å². The third kappa shape index (κ3) is 5.69. The molecule has 1 unspecified atom stereocenters. The van der Waals surface area contributed by atoms with Gasteiger partial charge in [0, 0.05) is 16.3 Å². The van der Waals surface area contributed by atoms with Crippen LogP contribution in [-0.4, -0.2) is 43.9 Å². The second-order valence-electron chi connectivity index (χ2n) is 7.21. The maximum atomic E-state index is 12.4. The first-order chi connectivity index (χ1) is 13.4. The van der Waals surface area contributed by atoms with E-state index in [1.54, 1.807) is 24.3 Å². The smallest absolute Gasteiger partial charge is 0.288 e. The Kier molecular flexibility index (Phi) is 6.91. The Balaban J connectivity index is 1.50. The maximum absolute atomic E-state index is 12.4. The lowest BCUT2D eigenvalue weighted by molar-refractivity contribution is -0.894. The van der Waals surface area contributed by atoms with E-state index in [1.807, 2.05) is 0 Å². The lowest BCUT2D eigenvalue weighted by atomic mass is 10.1. The van der Waals surface area contributed by atoms with Crippen LogP contribution in [0.1, 0.15) is 12.5 Å². The van der Waals surface area contributed by atoms with Crippen molar-refractivity contribution in [3.63, 3.8) is 0 Å². The van der Waals surface area contributed by atoms with Crippen LogP contribution in [0.25, 0.3) is 0 Å². The monoisotopic (exact) mass is 406 g/mol. The van der Waals surface area contributed by atoms with Gasteiger partial charge < -0.3 is 15.1 Å². The standard InChI is InChI=1S/C21H25F2N3OS/c1-15-4-3-5-18(12-15)26-11-10-25(13-16(26)2)14-20(27)24-17-6-8-19(9-7-17)28-21(22)23/h3-9,12,16,21H,10-11,13-14H2,1-2H3,(H,24,27)/p+1/t16-/m0/s1. The molecule has 0 saturated carbocycles. The van der Waals surface area contributed by atoms with Crippen molar-refractivity contribution in [2.24, 2.45) is 0 Å². The number of rotatable bonds is 6. The van der Waals surface area contributed by atoms with Crippen LogP contribution in [0.4, 0.5) is 20.2 Å². The number of amides is 1. The summed E-state index contributed by atoms with van der Waals surface area (Å²) in [6.45, 7) is 7.39. The van der Waals surface area contributed by atoms with Gasteiger partial charge in [0.2, 0.25) is 0 Å². The van der Waals surface area contributed by atoms with Crippen molar-refractivity contribution in [3.8, 4) is 0 Å². The molecule has 150 valence electrons. The van der Waals surface area contributed by atoms with Crippen LogP contribution < -0.4 is 15.1 Å². The Bertz CT molecular complexity index is 800. The first kappa shape index (κ1) is 20.6. The largest absolute Gasteiger partial charge is 0.358 e. The number of thioether (sulfide) groups is 1. The molecule has 4 nitrogen and oxygen atoms in total. The van der Waals surface area contributed by atoms with Crippen LogP contribution in [0.15, 0.2) is 53.4 Å². The molecule has 0 radical (unpaired) electrons. The number of hydrogen-bond donors (Lipinski definition) is 2. The van der Waals surface area contributed by atoms with Crippen molar-refractivity contribution in [2.75, 3.05) is 36.4 Å². The Hall–Kier alpha value is -2.12. The number of piperazine rings is 1. The SMILES string of the molecule is Cc1cccc(N2CC[NH+](CC(=O)Nc3ccc(SC(F)F)cc3)C[C@@H]2C)c1. The molecule has 3 rings (SSSR count). The lowest BCUT2D eigenvalue weighted by Gasteiger charge is -2.38. The average Bonchev–Trinajstić information content (AvgIpc) is 2.63. The number of nitrogens with one attached hydrogen (secondary N) is 2. The molecule has 2 N–H and O–H groups in total. The summed E-state index contributed by atoms with van der Waals surface area (Å²) in [4.78, 5) is 16.5. The summed E-state index contributed by atoms with van der Waals surface area (Å²) in [6, 6.07) is 15.4. The third-order valence-corrected chi connectivity index (χ3v) is 5.65. The summed E-state index contributed by atoms with van der Waals surface area (Å²) in [6.07, 6.45) is 0. The fraction of sp³-hybridized carbons (Fsp3) is 0.381. The van der Waals surface area contributed by atoms with Crippen molar-refractivity contribution in [3.05, 3.63) is 54.1 Å². The summed E-state index contributed by atoms with van der Waals surface area (Å²) in [5.74, 6) is -2.50. The fourth-order valence-corrected chi connectivity index (χ4v) is 4.13. The van der Waals surface area contributed by atoms with Gasteiger partial charge in [0.15, 0.2) is 6.54 Å². The number of aryl methyl sites for hydroxylation is 1. The molecule has 2 atom stereocenters. The van der Waals surface area contributed by atoms with Crippen molar-refractivity contribution in [1.29, 1.82) is 0 Å². The number of nitrogens with zero attached hydrogens (tertiary/aromatic N) is 1. The van der Waals surface area contributed by atoms with Crippen molar-refractivity contribution >= 4 is 29.0 Å². The van der Waals surface area contributed by atoms with Gasteiger partial charge >= 0.3 is 0 Å². The fourth-order valence-electron chi connectivity index (χ4n) is 3.63. The van der Waals surface area contributed by atoms with E-state index in [0.29, 0.717) is 34.9 Å². The van der Waals surface area contributed by atoms with Gasteiger partial charge in [0.25, 0.3) is 11.7 Å². The second kappa shape index (κ2) is 9.39. The predicted octanol–water partition coefficient (Wildman–Crippen LogP) is 3.04. The van der Waals surface area contributed by atoms with E-state index in [9.17, 15) is 13.6 Å². The molecule has 7 heteroatoms. The van der Waals surface area contributed by atoms with Gasteiger partial charge in [-0.25, -0.2) is 0 Å². The van der Waals surface area contributed by atoms with Gasteiger partial charge in [-0.1, -0.05) is 23.9 Å². The van der Waals surface area contributed by atoms with Gasteiger partial charge in [-0.05, 0) is 55.8 Å². The summed E-state index contributed by atoms with van der Waals surface area (Å²) in [7, 11) is 0. The van der Waals surface area contributed by atoms with Crippen molar-refractivity contribution < 1.29 is 18.5 Å². The third-order valence-electron chi connectivity index (χ3n) is 4.93. The highest BCUT2D eigenvalue weighted by Crippen LogP contribution is 2.26.